The number of halogens is 1. The number of rotatable bonds is 1. The molecule has 13 heavy (non-hydrogen) atoms. The molecule has 1 heterocycles. The summed E-state index contributed by atoms with van der Waals surface area (Å²) in [5.41, 5.74) is 0.765. The molecule has 2 rings (SSSR count). The summed E-state index contributed by atoms with van der Waals surface area (Å²) in [7, 11) is 0. The molecule has 0 atom stereocenters. The molecule has 0 saturated heterocycles. The Morgan fingerprint density at radius 3 is 2.77 bits per heavy atom. The number of nitrogens with zero attached hydrogens (tertiary/aromatic N) is 2. The summed E-state index contributed by atoms with van der Waals surface area (Å²) in [6, 6.07) is 7.45. The highest BCUT2D eigenvalue weighted by atomic mass is 35.5. The lowest BCUT2D eigenvalue weighted by Gasteiger charge is -1.99. The van der Waals surface area contributed by atoms with E-state index in [-0.39, 0.29) is 0 Å². The molecule has 2 aromatic rings. The first kappa shape index (κ1) is 8.13. The molecule has 1 aromatic carbocycles. The van der Waals surface area contributed by atoms with Gasteiger partial charge in [0.05, 0.1) is 11.7 Å². The summed E-state index contributed by atoms with van der Waals surface area (Å²) in [6.45, 7) is 0. The van der Waals surface area contributed by atoms with Gasteiger partial charge in [0, 0.05) is 5.39 Å². The van der Waals surface area contributed by atoms with E-state index in [9.17, 15) is 0 Å². The van der Waals surface area contributed by atoms with Gasteiger partial charge in [-0.2, -0.15) is 0 Å². The zero-order valence-corrected chi connectivity index (χ0v) is 7.42. The molecule has 0 spiro atoms. The van der Waals surface area contributed by atoms with Crippen molar-refractivity contribution in [1.29, 1.82) is 5.41 Å². The van der Waals surface area contributed by atoms with E-state index in [1.165, 1.54) is 0 Å². The van der Waals surface area contributed by atoms with E-state index in [0.29, 0.717) is 11.0 Å². The Balaban J connectivity index is 2.84. The van der Waals surface area contributed by atoms with Gasteiger partial charge >= 0.3 is 0 Å². The Kier molecular flexibility index (Phi) is 1.94. The van der Waals surface area contributed by atoms with Gasteiger partial charge in [-0.15, -0.1) is 0 Å². The Labute approximate surface area is 79.9 Å². The maximum absolute atomic E-state index is 7.01. The van der Waals surface area contributed by atoms with Crippen molar-refractivity contribution in [3.8, 4) is 0 Å². The van der Waals surface area contributed by atoms with Crippen LogP contribution in [0.15, 0.2) is 24.3 Å². The molecular weight excluding hydrogens is 186 g/mol. The minimum atomic E-state index is 0.337. The Morgan fingerprint density at radius 2 is 2.00 bits per heavy atom. The Hall–Kier alpha value is -1.48. The third kappa shape index (κ3) is 1.38. The SMILES string of the molecule is N=Cc1nc(Cl)c2ccccc2n1. The van der Waals surface area contributed by atoms with Crippen LogP contribution in [0.25, 0.3) is 10.9 Å². The van der Waals surface area contributed by atoms with Crippen molar-refractivity contribution in [2.24, 2.45) is 0 Å². The number of hydrogen-bond acceptors (Lipinski definition) is 3. The first-order valence-corrected chi connectivity index (χ1v) is 4.12. The zero-order chi connectivity index (χ0) is 9.26. The van der Waals surface area contributed by atoms with E-state index in [1.54, 1.807) is 0 Å². The van der Waals surface area contributed by atoms with Crippen LogP contribution in [0.2, 0.25) is 5.15 Å². The van der Waals surface area contributed by atoms with Gasteiger partial charge in [0.1, 0.15) is 5.15 Å². The summed E-state index contributed by atoms with van der Waals surface area (Å²) in [5.74, 6) is 0.337. The van der Waals surface area contributed by atoms with Crippen LogP contribution in [-0.2, 0) is 0 Å². The van der Waals surface area contributed by atoms with Gasteiger partial charge in [-0.1, -0.05) is 23.7 Å². The molecule has 0 unspecified atom stereocenters. The van der Waals surface area contributed by atoms with Crippen LogP contribution in [0.4, 0.5) is 0 Å². The van der Waals surface area contributed by atoms with Crippen LogP contribution in [0.5, 0.6) is 0 Å². The maximum atomic E-state index is 7.01. The van der Waals surface area contributed by atoms with Crippen molar-refractivity contribution >= 4 is 28.7 Å². The molecule has 3 nitrogen and oxygen atoms in total. The zero-order valence-electron chi connectivity index (χ0n) is 6.66. The molecule has 0 aliphatic rings. The summed E-state index contributed by atoms with van der Waals surface area (Å²) in [6.07, 6.45) is 1.08. The third-order valence-electron chi connectivity index (χ3n) is 1.70. The molecule has 0 amide bonds. The molecule has 0 aliphatic heterocycles. The van der Waals surface area contributed by atoms with Crippen molar-refractivity contribution in [2.75, 3.05) is 0 Å². The number of para-hydroxylation sites is 1. The quantitative estimate of drug-likeness (QED) is 0.555. The molecule has 64 valence electrons. The standard InChI is InChI=1S/C9H6ClN3/c10-9-6-3-1-2-4-7(6)12-8(5-11)13-9/h1-5,11H. The molecule has 0 aliphatic carbocycles. The highest BCUT2D eigenvalue weighted by Gasteiger charge is 2.02. The van der Waals surface area contributed by atoms with Gasteiger partial charge in [0.2, 0.25) is 0 Å². The number of fused-ring (bicyclic) bond motifs is 1. The van der Waals surface area contributed by atoms with Gasteiger partial charge in [-0.25, -0.2) is 9.97 Å². The lowest BCUT2D eigenvalue weighted by atomic mass is 10.2. The van der Waals surface area contributed by atoms with E-state index in [1.807, 2.05) is 24.3 Å². The molecule has 0 radical (unpaired) electrons. The summed E-state index contributed by atoms with van der Waals surface area (Å²) in [5, 5.41) is 8.21. The summed E-state index contributed by atoms with van der Waals surface area (Å²) in [4.78, 5) is 8.05. The van der Waals surface area contributed by atoms with Crippen LogP contribution >= 0.6 is 11.6 Å². The average molecular weight is 192 g/mol. The van der Waals surface area contributed by atoms with Gasteiger partial charge in [-0.3, -0.25) is 0 Å². The van der Waals surface area contributed by atoms with Crippen molar-refractivity contribution in [2.45, 2.75) is 0 Å². The minimum Gasteiger partial charge on any atom is -0.305 e. The molecule has 1 N–H and O–H groups in total. The number of benzene rings is 1. The molecule has 4 heteroatoms. The summed E-state index contributed by atoms with van der Waals surface area (Å²) >= 11 is 5.89. The van der Waals surface area contributed by atoms with E-state index in [2.05, 4.69) is 9.97 Å². The predicted octanol–water partition coefficient (Wildman–Crippen LogP) is 2.28. The van der Waals surface area contributed by atoms with Gasteiger partial charge in [0.25, 0.3) is 0 Å². The lowest BCUT2D eigenvalue weighted by Crippen LogP contribution is -1.93. The second kappa shape index (κ2) is 3.11. The first-order valence-electron chi connectivity index (χ1n) is 3.74. The molecule has 0 bridgehead atoms. The van der Waals surface area contributed by atoms with Crippen molar-refractivity contribution in [1.82, 2.24) is 9.97 Å². The fraction of sp³-hybridized carbons (Fsp3) is 0. The van der Waals surface area contributed by atoms with Crippen molar-refractivity contribution in [3.63, 3.8) is 0 Å². The first-order chi connectivity index (χ1) is 6.31. The van der Waals surface area contributed by atoms with Crippen LogP contribution in [-0.4, -0.2) is 16.2 Å². The van der Waals surface area contributed by atoms with E-state index < -0.39 is 0 Å². The van der Waals surface area contributed by atoms with E-state index >= 15 is 0 Å². The van der Waals surface area contributed by atoms with Crippen LogP contribution in [0, 0.1) is 5.41 Å². The van der Waals surface area contributed by atoms with Gasteiger partial charge in [0.15, 0.2) is 5.82 Å². The highest BCUT2D eigenvalue weighted by Crippen LogP contribution is 2.18. The van der Waals surface area contributed by atoms with E-state index in [4.69, 9.17) is 17.0 Å². The lowest BCUT2D eigenvalue weighted by molar-refractivity contribution is 1.19. The number of hydrogen-bond donors (Lipinski definition) is 1. The molecule has 0 saturated carbocycles. The average Bonchev–Trinajstić information content (AvgIpc) is 2.18. The second-order valence-corrected chi connectivity index (χ2v) is 2.89. The van der Waals surface area contributed by atoms with E-state index in [0.717, 1.165) is 17.1 Å². The van der Waals surface area contributed by atoms with Crippen molar-refractivity contribution < 1.29 is 0 Å². The fourth-order valence-electron chi connectivity index (χ4n) is 1.12. The molecular formula is C9H6ClN3. The van der Waals surface area contributed by atoms with Crippen LogP contribution < -0.4 is 0 Å². The Bertz CT molecular complexity index is 467. The number of aromatic nitrogens is 2. The fourth-order valence-corrected chi connectivity index (χ4v) is 1.37. The van der Waals surface area contributed by atoms with Crippen LogP contribution in [0.3, 0.4) is 0 Å². The smallest absolute Gasteiger partial charge is 0.171 e. The van der Waals surface area contributed by atoms with Gasteiger partial charge in [-0.05, 0) is 12.1 Å². The normalized spacial score (nSPS) is 10.2. The maximum Gasteiger partial charge on any atom is 0.171 e. The second-order valence-electron chi connectivity index (χ2n) is 2.53. The highest BCUT2D eigenvalue weighted by molar-refractivity contribution is 6.34. The predicted molar refractivity (Wildman–Crippen MR) is 52.4 cm³/mol. The Morgan fingerprint density at radius 1 is 1.23 bits per heavy atom. The number of nitrogens with one attached hydrogen (secondary N) is 1. The largest absolute Gasteiger partial charge is 0.305 e. The van der Waals surface area contributed by atoms with Gasteiger partial charge < -0.3 is 5.41 Å². The van der Waals surface area contributed by atoms with Crippen molar-refractivity contribution in [3.05, 3.63) is 35.2 Å². The third-order valence-corrected chi connectivity index (χ3v) is 1.99. The monoisotopic (exact) mass is 191 g/mol. The molecule has 0 fully saturated rings. The topological polar surface area (TPSA) is 49.6 Å². The minimum absolute atomic E-state index is 0.337. The van der Waals surface area contributed by atoms with Crippen LogP contribution in [0.1, 0.15) is 5.82 Å². The molecule has 1 aromatic heterocycles. The summed E-state index contributed by atoms with van der Waals surface area (Å²) < 4.78 is 0.